The van der Waals surface area contributed by atoms with Crippen LogP contribution in [0.4, 0.5) is 0 Å². The van der Waals surface area contributed by atoms with Gasteiger partial charge in [0.05, 0.1) is 18.2 Å². The lowest BCUT2D eigenvalue weighted by Gasteiger charge is -2.19. The van der Waals surface area contributed by atoms with Crippen molar-refractivity contribution in [1.82, 2.24) is 15.1 Å². The molecule has 1 fully saturated rings. The van der Waals surface area contributed by atoms with E-state index in [-0.39, 0.29) is 16.7 Å². The minimum atomic E-state index is -0.332. The average Bonchev–Trinajstić information content (AvgIpc) is 2.87. The monoisotopic (exact) mass is 303 g/mol. The minimum absolute atomic E-state index is 0.0459. The van der Waals surface area contributed by atoms with Crippen LogP contribution >= 0.6 is 11.3 Å². The third-order valence-corrected chi connectivity index (χ3v) is 5.49. The van der Waals surface area contributed by atoms with Crippen LogP contribution in [0.5, 0.6) is 0 Å². The Kier molecular flexibility index (Phi) is 3.40. The molecule has 1 saturated carbocycles. The minimum Gasteiger partial charge on any atom is -0.353 e. The van der Waals surface area contributed by atoms with Crippen molar-refractivity contribution in [1.29, 1.82) is 0 Å². The van der Waals surface area contributed by atoms with Crippen LogP contribution in [0.3, 0.4) is 0 Å². The normalized spacial score (nSPS) is 23.0. The molecule has 1 N–H and O–H groups in total. The van der Waals surface area contributed by atoms with Gasteiger partial charge in [-0.05, 0) is 35.8 Å². The highest BCUT2D eigenvalue weighted by Crippen LogP contribution is 2.65. The van der Waals surface area contributed by atoms with Gasteiger partial charge < -0.3 is 5.32 Å². The van der Waals surface area contributed by atoms with Gasteiger partial charge in [0.2, 0.25) is 5.91 Å². The number of thiophene rings is 1. The third-order valence-electron chi connectivity index (χ3n) is 4.46. The van der Waals surface area contributed by atoms with Crippen molar-refractivity contribution in [3.05, 3.63) is 40.3 Å². The molecule has 1 aliphatic rings. The van der Waals surface area contributed by atoms with E-state index in [2.05, 4.69) is 30.3 Å². The van der Waals surface area contributed by atoms with E-state index >= 15 is 0 Å². The van der Waals surface area contributed by atoms with Gasteiger partial charge in [0.25, 0.3) is 0 Å². The number of hydrogen-bond acceptors (Lipinski definition) is 3. The number of amides is 1. The van der Waals surface area contributed by atoms with Crippen molar-refractivity contribution in [2.24, 2.45) is 5.41 Å². The van der Waals surface area contributed by atoms with Crippen molar-refractivity contribution in [3.63, 3.8) is 0 Å². The summed E-state index contributed by atoms with van der Waals surface area (Å²) in [4.78, 5) is 13.9. The standard InChI is InChI=1S/C16H21N3OS/c1-12-9-18-19(10-12)7-6-17-14(20)16(11-15(16,2)3)13-5-4-8-21-13/h4-5,8-10H,6-7,11H2,1-3H3,(H,17,20)/t16-/m0/s1. The van der Waals surface area contributed by atoms with Gasteiger partial charge >= 0.3 is 0 Å². The maximum absolute atomic E-state index is 12.7. The molecule has 112 valence electrons. The molecule has 1 amide bonds. The fourth-order valence-corrected chi connectivity index (χ4v) is 4.19. The fraction of sp³-hybridized carbons (Fsp3) is 0.500. The van der Waals surface area contributed by atoms with E-state index in [9.17, 15) is 4.79 Å². The molecular formula is C16H21N3OS. The van der Waals surface area contributed by atoms with Crippen LogP contribution < -0.4 is 5.32 Å². The predicted molar refractivity (Wildman–Crippen MR) is 84.4 cm³/mol. The molecule has 2 heterocycles. The summed E-state index contributed by atoms with van der Waals surface area (Å²) in [7, 11) is 0. The average molecular weight is 303 g/mol. The first-order chi connectivity index (χ1) is 9.96. The Morgan fingerprint density at radius 3 is 2.81 bits per heavy atom. The summed E-state index contributed by atoms with van der Waals surface area (Å²) in [6.07, 6.45) is 4.74. The number of carbonyl (C=O) groups is 1. The number of aromatic nitrogens is 2. The van der Waals surface area contributed by atoms with Crippen molar-refractivity contribution < 1.29 is 4.79 Å². The number of nitrogens with one attached hydrogen (secondary N) is 1. The Bertz CT molecular complexity index is 644. The number of aryl methyl sites for hydroxylation is 1. The van der Waals surface area contributed by atoms with Crippen LogP contribution in [-0.2, 0) is 16.8 Å². The fourth-order valence-electron chi connectivity index (χ4n) is 3.08. The van der Waals surface area contributed by atoms with Gasteiger partial charge in [-0.3, -0.25) is 9.48 Å². The highest BCUT2D eigenvalue weighted by Gasteiger charge is 2.67. The van der Waals surface area contributed by atoms with Gasteiger partial charge in [0.15, 0.2) is 0 Å². The smallest absolute Gasteiger partial charge is 0.232 e. The van der Waals surface area contributed by atoms with E-state index in [0.29, 0.717) is 13.1 Å². The van der Waals surface area contributed by atoms with Crippen LogP contribution in [0.1, 0.15) is 30.7 Å². The van der Waals surface area contributed by atoms with Crippen LogP contribution in [0.25, 0.3) is 0 Å². The van der Waals surface area contributed by atoms with E-state index in [4.69, 9.17) is 0 Å². The third kappa shape index (κ3) is 2.39. The van der Waals surface area contributed by atoms with Crippen LogP contribution in [-0.4, -0.2) is 22.2 Å². The molecule has 0 spiro atoms. The number of carbonyl (C=O) groups excluding carboxylic acids is 1. The Hall–Kier alpha value is -1.62. The molecule has 0 aliphatic heterocycles. The molecule has 1 atom stereocenters. The lowest BCUT2D eigenvalue weighted by molar-refractivity contribution is -0.124. The second-order valence-corrected chi connectivity index (χ2v) is 7.43. The highest BCUT2D eigenvalue weighted by molar-refractivity contribution is 7.10. The molecule has 1 aliphatic carbocycles. The SMILES string of the molecule is Cc1cnn(CCNC(=O)[C@@]2(c3cccs3)CC2(C)C)c1. The summed E-state index contributed by atoms with van der Waals surface area (Å²) in [5.41, 5.74) is 0.852. The Balaban J connectivity index is 1.64. The molecule has 0 aromatic carbocycles. The van der Waals surface area contributed by atoms with Gasteiger partial charge in [0, 0.05) is 17.6 Å². The van der Waals surface area contributed by atoms with Crippen LogP contribution in [0.15, 0.2) is 29.9 Å². The molecule has 0 unspecified atom stereocenters. The summed E-state index contributed by atoms with van der Waals surface area (Å²) < 4.78 is 1.87. The topological polar surface area (TPSA) is 46.9 Å². The summed E-state index contributed by atoms with van der Waals surface area (Å²) in [6, 6.07) is 4.10. The van der Waals surface area contributed by atoms with Gasteiger partial charge in [-0.15, -0.1) is 11.3 Å². The first-order valence-corrected chi connectivity index (χ1v) is 8.15. The molecule has 2 aromatic rings. The van der Waals surface area contributed by atoms with Crippen molar-refractivity contribution >= 4 is 17.2 Å². The largest absolute Gasteiger partial charge is 0.353 e. The zero-order chi connectivity index (χ0) is 15.1. The van der Waals surface area contributed by atoms with Crippen molar-refractivity contribution in [2.45, 2.75) is 39.2 Å². The number of rotatable bonds is 5. The first-order valence-electron chi connectivity index (χ1n) is 7.27. The zero-order valence-corrected chi connectivity index (χ0v) is 13.5. The molecule has 0 saturated heterocycles. The molecule has 4 nitrogen and oxygen atoms in total. The molecule has 2 aromatic heterocycles. The second-order valence-electron chi connectivity index (χ2n) is 6.48. The Morgan fingerprint density at radius 1 is 1.52 bits per heavy atom. The zero-order valence-electron chi connectivity index (χ0n) is 12.7. The molecule has 0 bridgehead atoms. The van der Waals surface area contributed by atoms with E-state index in [1.807, 2.05) is 35.4 Å². The van der Waals surface area contributed by atoms with Gasteiger partial charge in [-0.2, -0.15) is 5.10 Å². The molecular weight excluding hydrogens is 282 g/mol. The van der Waals surface area contributed by atoms with E-state index in [1.54, 1.807) is 11.3 Å². The number of nitrogens with zero attached hydrogens (tertiary/aromatic N) is 2. The van der Waals surface area contributed by atoms with Crippen LogP contribution in [0.2, 0.25) is 0 Å². The molecule has 3 rings (SSSR count). The predicted octanol–water partition coefficient (Wildman–Crippen LogP) is 2.74. The molecule has 21 heavy (non-hydrogen) atoms. The van der Waals surface area contributed by atoms with E-state index in [1.165, 1.54) is 4.88 Å². The molecule has 5 heteroatoms. The molecule has 0 radical (unpaired) electrons. The van der Waals surface area contributed by atoms with E-state index < -0.39 is 0 Å². The summed E-state index contributed by atoms with van der Waals surface area (Å²) >= 11 is 1.68. The maximum atomic E-state index is 12.7. The quantitative estimate of drug-likeness (QED) is 0.923. The Labute approximate surface area is 129 Å². The van der Waals surface area contributed by atoms with Gasteiger partial charge in [0.1, 0.15) is 0 Å². The summed E-state index contributed by atoms with van der Waals surface area (Å²) in [5.74, 6) is 0.152. The first kappa shape index (κ1) is 14.3. The maximum Gasteiger partial charge on any atom is 0.232 e. The lowest BCUT2D eigenvalue weighted by atomic mass is 9.93. The van der Waals surface area contributed by atoms with Crippen molar-refractivity contribution in [2.75, 3.05) is 6.54 Å². The van der Waals surface area contributed by atoms with Crippen LogP contribution in [0, 0.1) is 12.3 Å². The van der Waals surface area contributed by atoms with E-state index in [0.717, 1.165) is 12.0 Å². The number of hydrogen-bond donors (Lipinski definition) is 1. The Morgan fingerprint density at radius 2 is 2.29 bits per heavy atom. The highest BCUT2D eigenvalue weighted by atomic mass is 32.1. The lowest BCUT2D eigenvalue weighted by Crippen LogP contribution is -2.38. The van der Waals surface area contributed by atoms with Gasteiger partial charge in [-0.1, -0.05) is 19.9 Å². The summed E-state index contributed by atoms with van der Waals surface area (Å²) in [5, 5.41) is 9.38. The summed E-state index contributed by atoms with van der Waals surface area (Å²) in [6.45, 7) is 7.68. The second kappa shape index (κ2) is 4.98. The van der Waals surface area contributed by atoms with Gasteiger partial charge in [-0.25, -0.2) is 0 Å². The van der Waals surface area contributed by atoms with Crippen molar-refractivity contribution in [3.8, 4) is 0 Å².